The first-order valence-electron chi connectivity index (χ1n) is 2.13. The predicted octanol–water partition coefficient (Wildman–Crippen LogP) is -0.769. The quantitative estimate of drug-likeness (QED) is 0.275. The zero-order chi connectivity index (χ0) is 12.4. The van der Waals surface area contributed by atoms with Crippen LogP contribution in [0.3, 0.4) is 0 Å². The molecule has 0 atom stereocenters. The maximum Gasteiger partial charge on any atom is 1.00 e. The van der Waals surface area contributed by atoms with Crippen molar-refractivity contribution in [2.24, 2.45) is 0 Å². The Balaban J connectivity index is -0.0000000825. The monoisotopic (exact) mass is 328 g/mol. The van der Waals surface area contributed by atoms with Crippen LogP contribution in [0.15, 0.2) is 0 Å². The zero-order valence-electron chi connectivity index (χ0n) is 7.64. The normalized spacial score (nSPS) is 15.1. The molecule has 0 bridgehead atoms. The van der Waals surface area contributed by atoms with E-state index in [1.807, 2.05) is 0 Å². The van der Waals surface area contributed by atoms with Crippen molar-refractivity contribution in [3.63, 3.8) is 0 Å². The number of rotatable bonds is 0. The van der Waals surface area contributed by atoms with E-state index in [4.69, 9.17) is 13.0 Å². The van der Waals surface area contributed by atoms with Crippen LogP contribution in [0, 0.1) is 0 Å². The van der Waals surface area contributed by atoms with Crippen LogP contribution >= 0.6 is 0 Å². The van der Waals surface area contributed by atoms with E-state index in [9.17, 15) is 30.5 Å². The van der Waals surface area contributed by atoms with Crippen LogP contribution in [0.4, 0.5) is 30.5 Å². The summed E-state index contributed by atoms with van der Waals surface area (Å²) < 4.78 is 107. The van der Waals surface area contributed by atoms with Crippen molar-refractivity contribution in [2.45, 2.75) is 5.51 Å². The molecule has 0 unspecified atom stereocenters. The van der Waals surface area contributed by atoms with E-state index in [1.54, 1.807) is 0 Å². The van der Waals surface area contributed by atoms with Crippen LogP contribution < -0.4 is 18.9 Å². The van der Waals surface area contributed by atoms with Gasteiger partial charge < -0.3 is 1.43 Å². The zero-order valence-corrected chi connectivity index (χ0v) is 9.34. The van der Waals surface area contributed by atoms with E-state index >= 15 is 0 Å². The molecule has 0 aliphatic carbocycles. The van der Waals surface area contributed by atoms with Gasteiger partial charge in [-0.1, -0.05) is 0 Å². The van der Waals surface area contributed by atoms with Crippen molar-refractivity contribution in [3.05, 3.63) is 0 Å². The molecule has 0 aromatic heterocycles. The van der Waals surface area contributed by atoms with Gasteiger partial charge in [-0.05, 0) is 0 Å². The minimum atomic E-state index is -8.99. The van der Waals surface area contributed by atoms with E-state index < -0.39 is 30.4 Å². The van der Waals surface area contributed by atoms with Crippen LogP contribution in [-0.2, 0) is 10.1 Å². The van der Waals surface area contributed by atoms with E-state index in [2.05, 4.69) is 0 Å². The van der Waals surface area contributed by atoms with Crippen molar-refractivity contribution in [1.82, 2.24) is 0 Å². The van der Waals surface area contributed by atoms with Crippen molar-refractivity contribution in [1.29, 1.82) is 0 Å². The Morgan fingerprint density at radius 2 is 1.07 bits per heavy atom. The maximum atomic E-state index is 10.7. The number of hydrogen-bond donors (Lipinski definition) is 1. The minimum absolute atomic E-state index is 0. The molecule has 0 aromatic carbocycles. The van der Waals surface area contributed by atoms with Crippen molar-refractivity contribution >= 4 is 24.9 Å². The molecule has 0 heterocycles. The molecule has 0 aliphatic heterocycles. The van der Waals surface area contributed by atoms with E-state index in [0.717, 1.165) is 0 Å². The Hall–Kier alpha value is 0.506. The van der Waals surface area contributed by atoms with Crippen molar-refractivity contribution in [3.8, 4) is 0 Å². The summed E-state index contributed by atoms with van der Waals surface area (Å²) in [6.45, 7) is 0. The first-order valence-corrected chi connectivity index (χ1v) is 7.12. The molecule has 1 N–H and O–H groups in total. The largest absolute Gasteiger partial charge is 1.00 e. The first-order chi connectivity index (χ1) is 5.49. The Labute approximate surface area is 94.4 Å². The summed E-state index contributed by atoms with van der Waals surface area (Å²) in [6, 6.07) is 0. The molecule has 15 heavy (non-hydrogen) atoms. The van der Waals surface area contributed by atoms with E-state index in [-0.39, 0.29) is 20.3 Å². The number of hydrogen-bond acceptors (Lipinski definition) is 2. The molecular weight excluding hydrogens is 326 g/mol. The molecule has 0 saturated heterocycles. The van der Waals surface area contributed by atoms with Gasteiger partial charge in [0.05, 0.1) is 0 Å². The summed E-state index contributed by atoms with van der Waals surface area (Å²) in [6.07, 6.45) is 0. The Morgan fingerprint density at radius 3 is 1.07 bits per heavy atom. The molecule has 0 amide bonds. The van der Waals surface area contributed by atoms with Gasteiger partial charge in [0.15, 0.2) is 0 Å². The van der Waals surface area contributed by atoms with Gasteiger partial charge in [-0.15, -0.1) is 0 Å². The molecule has 0 rings (SSSR count). The van der Waals surface area contributed by atoms with E-state index in [1.165, 1.54) is 0 Å². The summed E-state index contributed by atoms with van der Waals surface area (Å²) in [5.41, 5.74) is -5.53. The third kappa shape index (κ3) is 25.1. The van der Waals surface area contributed by atoms with Crippen LogP contribution in [-0.4, -0.2) is 33.3 Å². The minimum Gasteiger partial charge on any atom is -1.00 e. The van der Waals surface area contributed by atoms with Gasteiger partial charge in [-0.25, -0.2) is 0 Å². The second-order valence-corrected chi connectivity index (χ2v) is 5.65. The number of alkyl halides is 3. The van der Waals surface area contributed by atoms with Crippen LogP contribution in [0.2, 0.25) is 0 Å². The van der Waals surface area contributed by atoms with Gasteiger partial charge in [0.2, 0.25) is 0 Å². The topological polar surface area (TPSA) is 54.4 Å². The van der Waals surface area contributed by atoms with Gasteiger partial charge in [0.25, 0.3) is 0 Å². The molecule has 0 fully saturated rings. The SMILES string of the molecule is F[As](F)(F)(F)F.O=S(=O)(O)C(F)(F)F.[H-].[Li+]. The maximum absolute atomic E-state index is 10.7. The van der Waals surface area contributed by atoms with Gasteiger partial charge in [-0.3, -0.25) is 4.55 Å². The smallest absolute Gasteiger partial charge is 1.00 e. The van der Waals surface area contributed by atoms with Crippen molar-refractivity contribution < 1.29 is 63.8 Å². The van der Waals surface area contributed by atoms with Gasteiger partial charge in [-0.2, -0.15) is 21.6 Å². The predicted molar refractivity (Wildman–Crippen MR) is 30.0 cm³/mol. The molecule has 0 spiro atoms. The molecule has 14 heteroatoms. The van der Waals surface area contributed by atoms with Gasteiger partial charge in [0, 0.05) is 0 Å². The second kappa shape index (κ2) is 5.22. The molecule has 92 valence electrons. The fourth-order valence-corrected chi connectivity index (χ4v) is 0. The summed E-state index contributed by atoms with van der Waals surface area (Å²) in [5.74, 6) is 0. The summed E-state index contributed by atoms with van der Waals surface area (Å²) in [7, 11) is -5.84. The summed E-state index contributed by atoms with van der Waals surface area (Å²) >= 11 is -8.99. The van der Waals surface area contributed by atoms with Crippen LogP contribution in [0.1, 0.15) is 1.43 Å². The third-order valence-electron chi connectivity index (χ3n) is 0.292. The van der Waals surface area contributed by atoms with E-state index in [0.29, 0.717) is 0 Å². The fourth-order valence-electron chi connectivity index (χ4n) is 0. The van der Waals surface area contributed by atoms with Crippen LogP contribution in [0.25, 0.3) is 0 Å². The molecular formula is CH2AsF8LiO3S. The molecule has 0 aromatic rings. The Kier molecular flexibility index (Phi) is 7.27. The van der Waals surface area contributed by atoms with Gasteiger partial charge >= 0.3 is 66.6 Å². The second-order valence-electron chi connectivity index (χ2n) is 1.56. The standard InChI is InChI=1S/CHF3O3S.AsF5.Li.H/c2-1(3,4)8(5,6)7;2-1(3,4,5)6;;/h(H,5,6,7);;;/q;;+1;-1. The molecule has 0 saturated carbocycles. The van der Waals surface area contributed by atoms with Gasteiger partial charge in [0.1, 0.15) is 0 Å². The van der Waals surface area contributed by atoms with Crippen molar-refractivity contribution in [2.75, 3.05) is 0 Å². The average molecular weight is 328 g/mol. The van der Waals surface area contributed by atoms with Crippen LogP contribution in [0.5, 0.6) is 0 Å². The fraction of sp³-hybridized carbons (Fsp3) is 1.00. The summed E-state index contributed by atoms with van der Waals surface area (Å²) in [5, 5.41) is 0. The molecule has 0 aliphatic rings. The summed E-state index contributed by atoms with van der Waals surface area (Å²) in [4.78, 5) is 0. The average Bonchev–Trinajstić information content (AvgIpc) is 1.47. The Bertz CT molecular complexity index is 274. The first kappa shape index (κ1) is 20.9. The third-order valence-corrected chi connectivity index (χ3v) is 0.877. The Morgan fingerprint density at radius 1 is 1.00 bits per heavy atom. The molecule has 0 radical (unpaired) electrons. The molecule has 3 nitrogen and oxygen atoms in total. The number of halogens is 8.